The van der Waals surface area contributed by atoms with Crippen molar-refractivity contribution in [2.75, 3.05) is 5.32 Å². The van der Waals surface area contributed by atoms with E-state index in [1.54, 1.807) is 6.20 Å². The molecule has 0 spiro atoms. The van der Waals surface area contributed by atoms with E-state index in [0.29, 0.717) is 5.92 Å². The fraction of sp³-hybridized carbons (Fsp3) is 0.273. The Labute approximate surface area is 148 Å². The van der Waals surface area contributed by atoms with Gasteiger partial charge in [-0.15, -0.1) is 0 Å². The third-order valence-electron chi connectivity index (χ3n) is 5.13. The molecule has 126 valence electrons. The molecule has 3 aromatic rings. The molecule has 4 rings (SSSR count). The summed E-state index contributed by atoms with van der Waals surface area (Å²) in [7, 11) is 0. The number of hydrogen-bond donors (Lipinski definition) is 1. The van der Waals surface area contributed by atoms with Crippen molar-refractivity contribution in [2.24, 2.45) is 0 Å². The number of aromatic nitrogens is 1. The molecule has 1 amide bonds. The normalized spacial score (nSPS) is 14.8. The molecule has 1 N–H and O–H groups in total. The van der Waals surface area contributed by atoms with Gasteiger partial charge in [0.25, 0.3) is 5.91 Å². The summed E-state index contributed by atoms with van der Waals surface area (Å²) in [4.78, 5) is 17.4. The summed E-state index contributed by atoms with van der Waals surface area (Å²) in [6.07, 6.45) is 6.63. The number of rotatable bonds is 3. The number of nitrogens with zero attached hydrogens (tertiary/aromatic N) is 1. The van der Waals surface area contributed by atoms with Crippen molar-refractivity contribution in [2.45, 2.75) is 38.5 Å². The molecule has 0 aliphatic heterocycles. The number of anilines is 1. The molecular formula is C22H22N2O. The highest BCUT2D eigenvalue weighted by Crippen LogP contribution is 2.36. The van der Waals surface area contributed by atoms with Crippen LogP contribution in [0.4, 0.5) is 5.69 Å². The van der Waals surface area contributed by atoms with Crippen LogP contribution in [-0.2, 0) is 0 Å². The van der Waals surface area contributed by atoms with E-state index in [4.69, 9.17) is 0 Å². The van der Waals surface area contributed by atoms with E-state index >= 15 is 0 Å². The standard InChI is InChI=1S/C22H22N2O/c1-15-11-12-18(19(14-15)16-6-2-3-7-16)22(25)24-20-10-4-8-17-9-5-13-23-21(17)20/h4-5,8-14,16H,2-3,6-7H2,1H3,(H,24,25). The molecule has 1 heterocycles. The van der Waals surface area contributed by atoms with Crippen LogP contribution in [0.5, 0.6) is 0 Å². The smallest absolute Gasteiger partial charge is 0.256 e. The first-order chi connectivity index (χ1) is 12.2. The Kier molecular flexibility index (Phi) is 4.22. The first kappa shape index (κ1) is 15.8. The molecule has 25 heavy (non-hydrogen) atoms. The topological polar surface area (TPSA) is 42.0 Å². The van der Waals surface area contributed by atoms with Crippen LogP contribution in [-0.4, -0.2) is 10.9 Å². The molecule has 0 saturated heterocycles. The Morgan fingerprint density at radius 2 is 1.88 bits per heavy atom. The van der Waals surface area contributed by atoms with E-state index < -0.39 is 0 Å². The van der Waals surface area contributed by atoms with Crippen molar-refractivity contribution < 1.29 is 4.79 Å². The number of aryl methyl sites for hydroxylation is 1. The van der Waals surface area contributed by atoms with E-state index in [2.05, 4.69) is 23.3 Å². The number of pyridine rings is 1. The zero-order chi connectivity index (χ0) is 17.2. The number of amides is 1. The average molecular weight is 330 g/mol. The van der Waals surface area contributed by atoms with Crippen LogP contribution in [0, 0.1) is 6.92 Å². The number of nitrogens with one attached hydrogen (secondary N) is 1. The Morgan fingerprint density at radius 1 is 1.08 bits per heavy atom. The maximum atomic E-state index is 13.0. The number of hydrogen-bond acceptors (Lipinski definition) is 2. The van der Waals surface area contributed by atoms with Crippen LogP contribution in [0.1, 0.15) is 53.1 Å². The monoisotopic (exact) mass is 330 g/mol. The quantitative estimate of drug-likeness (QED) is 0.693. The van der Waals surface area contributed by atoms with Crippen LogP contribution in [0.2, 0.25) is 0 Å². The van der Waals surface area contributed by atoms with Gasteiger partial charge in [-0.3, -0.25) is 9.78 Å². The molecule has 3 heteroatoms. The zero-order valence-electron chi connectivity index (χ0n) is 14.5. The van der Waals surface area contributed by atoms with Gasteiger partial charge in [0.2, 0.25) is 0 Å². The first-order valence-corrected chi connectivity index (χ1v) is 8.98. The van der Waals surface area contributed by atoms with Crippen molar-refractivity contribution in [3.8, 4) is 0 Å². The van der Waals surface area contributed by atoms with Gasteiger partial charge in [0.05, 0.1) is 11.2 Å². The van der Waals surface area contributed by atoms with Crippen molar-refractivity contribution in [1.29, 1.82) is 0 Å². The van der Waals surface area contributed by atoms with Crippen LogP contribution < -0.4 is 5.32 Å². The summed E-state index contributed by atoms with van der Waals surface area (Å²) >= 11 is 0. The third kappa shape index (κ3) is 3.14. The SMILES string of the molecule is Cc1ccc(C(=O)Nc2cccc3cccnc23)c(C2CCCC2)c1. The highest BCUT2D eigenvalue weighted by atomic mass is 16.1. The summed E-state index contributed by atoms with van der Waals surface area (Å²) in [5, 5.41) is 4.11. The van der Waals surface area contributed by atoms with Gasteiger partial charge in [-0.25, -0.2) is 0 Å². The maximum Gasteiger partial charge on any atom is 0.256 e. The van der Waals surface area contributed by atoms with Gasteiger partial charge in [-0.2, -0.15) is 0 Å². The van der Waals surface area contributed by atoms with Gasteiger partial charge in [-0.05, 0) is 49.4 Å². The van der Waals surface area contributed by atoms with Crippen molar-refractivity contribution >= 4 is 22.5 Å². The maximum absolute atomic E-state index is 13.0. The Morgan fingerprint density at radius 3 is 2.72 bits per heavy atom. The minimum Gasteiger partial charge on any atom is -0.320 e. The average Bonchev–Trinajstić information content (AvgIpc) is 3.16. The molecule has 1 aliphatic rings. The van der Waals surface area contributed by atoms with Gasteiger partial charge in [0, 0.05) is 17.1 Å². The zero-order valence-corrected chi connectivity index (χ0v) is 14.5. The highest BCUT2D eigenvalue weighted by molar-refractivity contribution is 6.09. The number of carbonyl (C=O) groups excluding carboxylic acids is 1. The first-order valence-electron chi connectivity index (χ1n) is 8.98. The van der Waals surface area contributed by atoms with Gasteiger partial charge in [0.1, 0.15) is 0 Å². The predicted molar refractivity (Wildman–Crippen MR) is 102 cm³/mol. The Hall–Kier alpha value is -2.68. The van der Waals surface area contributed by atoms with Gasteiger partial charge in [-0.1, -0.05) is 48.7 Å². The predicted octanol–water partition coefficient (Wildman–Crippen LogP) is 5.45. The van der Waals surface area contributed by atoms with Crippen LogP contribution in [0.3, 0.4) is 0 Å². The summed E-state index contributed by atoms with van der Waals surface area (Å²) in [5.74, 6) is 0.464. The lowest BCUT2D eigenvalue weighted by Crippen LogP contribution is -2.16. The third-order valence-corrected chi connectivity index (χ3v) is 5.13. The number of para-hydroxylation sites is 1. The second-order valence-electron chi connectivity index (χ2n) is 6.91. The van der Waals surface area contributed by atoms with E-state index in [1.807, 2.05) is 42.5 Å². The minimum atomic E-state index is -0.0416. The number of benzene rings is 2. The summed E-state index contributed by atoms with van der Waals surface area (Å²) in [6, 6.07) is 16.0. The number of fused-ring (bicyclic) bond motifs is 1. The molecule has 1 saturated carbocycles. The fourth-order valence-corrected chi connectivity index (χ4v) is 3.86. The second kappa shape index (κ2) is 6.67. The van der Waals surface area contributed by atoms with E-state index in [-0.39, 0.29) is 5.91 Å². The fourth-order valence-electron chi connectivity index (χ4n) is 3.86. The summed E-state index contributed by atoms with van der Waals surface area (Å²) in [6.45, 7) is 2.09. The molecular weight excluding hydrogens is 308 g/mol. The van der Waals surface area contributed by atoms with E-state index in [9.17, 15) is 4.79 Å². The summed E-state index contributed by atoms with van der Waals surface area (Å²) < 4.78 is 0. The highest BCUT2D eigenvalue weighted by Gasteiger charge is 2.23. The lowest BCUT2D eigenvalue weighted by atomic mass is 9.91. The van der Waals surface area contributed by atoms with Crippen molar-refractivity contribution in [3.63, 3.8) is 0 Å². The van der Waals surface area contributed by atoms with Crippen molar-refractivity contribution in [3.05, 3.63) is 71.4 Å². The Balaban J connectivity index is 1.69. The largest absolute Gasteiger partial charge is 0.320 e. The second-order valence-corrected chi connectivity index (χ2v) is 6.91. The molecule has 0 radical (unpaired) electrons. The molecule has 0 bridgehead atoms. The minimum absolute atomic E-state index is 0.0416. The lowest BCUT2D eigenvalue weighted by molar-refractivity contribution is 0.102. The van der Waals surface area contributed by atoms with Crippen LogP contribution in [0.15, 0.2) is 54.7 Å². The van der Waals surface area contributed by atoms with Gasteiger partial charge < -0.3 is 5.32 Å². The Bertz CT molecular complexity index is 921. The van der Waals surface area contributed by atoms with E-state index in [1.165, 1.54) is 36.8 Å². The molecule has 1 aliphatic carbocycles. The number of carbonyl (C=O) groups is 1. The molecule has 0 atom stereocenters. The molecule has 1 aromatic heterocycles. The molecule has 0 unspecified atom stereocenters. The van der Waals surface area contributed by atoms with Crippen molar-refractivity contribution in [1.82, 2.24) is 4.98 Å². The molecule has 2 aromatic carbocycles. The molecule has 3 nitrogen and oxygen atoms in total. The molecule has 1 fully saturated rings. The van der Waals surface area contributed by atoms with Gasteiger partial charge in [0.15, 0.2) is 0 Å². The lowest BCUT2D eigenvalue weighted by Gasteiger charge is -2.16. The summed E-state index contributed by atoms with van der Waals surface area (Å²) in [5.41, 5.74) is 4.80. The van der Waals surface area contributed by atoms with Gasteiger partial charge >= 0.3 is 0 Å². The van der Waals surface area contributed by atoms with Crippen LogP contribution >= 0.6 is 0 Å². The van der Waals surface area contributed by atoms with Crippen LogP contribution in [0.25, 0.3) is 10.9 Å². The van der Waals surface area contributed by atoms with E-state index in [0.717, 1.165) is 22.2 Å².